The van der Waals surface area contributed by atoms with Crippen molar-refractivity contribution in [2.45, 2.75) is 13.5 Å². The SMILES string of the molecule is Cc1ccc2ccn(Cc3cnc[nH]3)c2c1. The van der Waals surface area contributed by atoms with Gasteiger partial charge in [0.2, 0.25) is 0 Å². The van der Waals surface area contributed by atoms with Crippen molar-refractivity contribution in [3.63, 3.8) is 0 Å². The molecule has 3 nitrogen and oxygen atoms in total. The third-order valence-electron chi connectivity index (χ3n) is 2.82. The number of imidazole rings is 1. The predicted molar refractivity (Wildman–Crippen MR) is 64.4 cm³/mol. The maximum absolute atomic E-state index is 4.03. The number of aromatic amines is 1. The van der Waals surface area contributed by atoms with Crippen molar-refractivity contribution in [1.29, 1.82) is 0 Å². The molecule has 1 N–H and O–H groups in total. The Kier molecular flexibility index (Phi) is 2.03. The van der Waals surface area contributed by atoms with E-state index in [1.165, 1.54) is 16.5 Å². The second-order valence-electron chi connectivity index (χ2n) is 4.08. The smallest absolute Gasteiger partial charge is 0.0922 e. The van der Waals surface area contributed by atoms with Crippen LogP contribution in [0.5, 0.6) is 0 Å². The Morgan fingerprint density at radius 3 is 3.06 bits per heavy atom. The molecule has 3 aromatic rings. The molecule has 0 spiro atoms. The van der Waals surface area contributed by atoms with E-state index >= 15 is 0 Å². The van der Waals surface area contributed by atoms with Crippen LogP contribution in [0.1, 0.15) is 11.3 Å². The Bertz CT molecular complexity index is 605. The van der Waals surface area contributed by atoms with Crippen molar-refractivity contribution >= 4 is 10.9 Å². The van der Waals surface area contributed by atoms with Crippen LogP contribution in [0.25, 0.3) is 10.9 Å². The van der Waals surface area contributed by atoms with Gasteiger partial charge in [0, 0.05) is 17.9 Å². The fourth-order valence-corrected chi connectivity index (χ4v) is 1.99. The second kappa shape index (κ2) is 3.52. The van der Waals surface area contributed by atoms with Gasteiger partial charge in [-0.25, -0.2) is 4.98 Å². The van der Waals surface area contributed by atoms with Gasteiger partial charge in [-0.05, 0) is 30.0 Å². The Morgan fingerprint density at radius 1 is 1.31 bits per heavy atom. The molecule has 0 fully saturated rings. The number of aromatic nitrogens is 3. The molecule has 2 heterocycles. The molecule has 0 atom stereocenters. The van der Waals surface area contributed by atoms with E-state index in [1.54, 1.807) is 6.33 Å². The van der Waals surface area contributed by atoms with E-state index in [0.29, 0.717) is 0 Å². The van der Waals surface area contributed by atoms with E-state index in [1.807, 2.05) is 6.20 Å². The summed E-state index contributed by atoms with van der Waals surface area (Å²) in [7, 11) is 0. The highest BCUT2D eigenvalue weighted by molar-refractivity contribution is 5.80. The van der Waals surface area contributed by atoms with Gasteiger partial charge in [0.05, 0.1) is 18.6 Å². The number of rotatable bonds is 2. The monoisotopic (exact) mass is 211 g/mol. The molecule has 0 radical (unpaired) electrons. The second-order valence-corrected chi connectivity index (χ2v) is 4.08. The zero-order valence-electron chi connectivity index (χ0n) is 9.14. The summed E-state index contributed by atoms with van der Waals surface area (Å²) in [6.07, 6.45) is 5.69. The van der Waals surface area contributed by atoms with E-state index in [0.717, 1.165) is 12.2 Å². The first kappa shape index (κ1) is 9.21. The fourth-order valence-electron chi connectivity index (χ4n) is 1.99. The van der Waals surface area contributed by atoms with Crippen LogP contribution in [0.2, 0.25) is 0 Å². The number of fused-ring (bicyclic) bond motifs is 1. The van der Waals surface area contributed by atoms with Crippen molar-refractivity contribution < 1.29 is 0 Å². The third kappa shape index (κ3) is 1.50. The minimum atomic E-state index is 0.840. The van der Waals surface area contributed by atoms with Crippen molar-refractivity contribution in [3.8, 4) is 0 Å². The van der Waals surface area contributed by atoms with Gasteiger partial charge in [0.25, 0.3) is 0 Å². The molecule has 3 rings (SSSR count). The lowest BCUT2D eigenvalue weighted by atomic mass is 10.2. The molecular formula is C13H13N3. The lowest BCUT2D eigenvalue weighted by molar-refractivity contribution is 0.814. The molecule has 1 aromatic carbocycles. The quantitative estimate of drug-likeness (QED) is 0.694. The summed E-state index contributed by atoms with van der Waals surface area (Å²) in [6, 6.07) is 8.66. The first-order valence-electron chi connectivity index (χ1n) is 5.36. The number of aryl methyl sites for hydroxylation is 1. The molecule has 0 aliphatic heterocycles. The summed E-state index contributed by atoms with van der Waals surface area (Å²) in [4.78, 5) is 7.15. The van der Waals surface area contributed by atoms with Crippen LogP contribution in [0.3, 0.4) is 0 Å². The molecule has 0 aliphatic carbocycles. The van der Waals surface area contributed by atoms with Crippen LogP contribution >= 0.6 is 0 Å². The molecule has 2 aromatic heterocycles. The standard InChI is InChI=1S/C13H13N3/c1-10-2-3-11-4-5-16(13(11)6-10)8-12-7-14-9-15-12/h2-7,9H,8H2,1H3,(H,14,15). The van der Waals surface area contributed by atoms with E-state index in [-0.39, 0.29) is 0 Å². The van der Waals surface area contributed by atoms with E-state index in [9.17, 15) is 0 Å². The van der Waals surface area contributed by atoms with Crippen molar-refractivity contribution in [2.75, 3.05) is 0 Å². The van der Waals surface area contributed by atoms with Gasteiger partial charge in [-0.15, -0.1) is 0 Å². The minimum Gasteiger partial charge on any atom is -0.347 e. The van der Waals surface area contributed by atoms with Gasteiger partial charge in [-0.3, -0.25) is 0 Å². The van der Waals surface area contributed by atoms with Gasteiger partial charge in [-0.2, -0.15) is 0 Å². The maximum atomic E-state index is 4.03. The minimum absolute atomic E-state index is 0.840. The average molecular weight is 211 g/mol. The van der Waals surface area contributed by atoms with Gasteiger partial charge >= 0.3 is 0 Å². The van der Waals surface area contributed by atoms with Gasteiger partial charge in [0.1, 0.15) is 0 Å². The Hall–Kier alpha value is -2.03. The van der Waals surface area contributed by atoms with E-state index < -0.39 is 0 Å². The fraction of sp³-hybridized carbons (Fsp3) is 0.154. The van der Waals surface area contributed by atoms with Gasteiger partial charge in [-0.1, -0.05) is 12.1 Å². The topological polar surface area (TPSA) is 33.6 Å². The molecule has 16 heavy (non-hydrogen) atoms. The summed E-state index contributed by atoms with van der Waals surface area (Å²) in [5.41, 5.74) is 3.69. The normalized spacial score (nSPS) is 11.1. The van der Waals surface area contributed by atoms with Crippen LogP contribution in [0.15, 0.2) is 43.0 Å². The van der Waals surface area contributed by atoms with Gasteiger partial charge < -0.3 is 9.55 Å². The largest absolute Gasteiger partial charge is 0.347 e. The number of hydrogen-bond donors (Lipinski definition) is 1. The Balaban J connectivity index is 2.07. The number of nitrogens with zero attached hydrogens (tertiary/aromatic N) is 2. The third-order valence-corrected chi connectivity index (χ3v) is 2.82. The number of nitrogens with one attached hydrogen (secondary N) is 1. The van der Waals surface area contributed by atoms with Crippen molar-refractivity contribution in [1.82, 2.24) is 14.5 Å². The van der Waals surface area contributed by atoms with Gasteiger partial charge in [0.15, 0.2) is 0 Å². The Morgan fingerprint density at radius 2 is 2.25 bits per heavy atom. The highest BCUT2D eigenvalue weighted by Crippen LogP contribution is 2.18. The summed E-state index contributed by atoms with van der Waals surface area (Å²) < 4.78 is 2.23. The van der Waals surface area contributed by atoms with E-state index in [2.05, 4.69) is 51.9 Å². The maximum Gasteiger partial charge on any atom is 0.0922 e. The average Bonchev–Trinajstić information content (AvgIpc) is 2.90. The first-order chi connectivity index (χ1) is 7.83. The first-order valence-corrected chi connectivity index (χ1v) is 5.36. The van der Waals surface area contributed by atoms with E-state index in [4.69, 9.17) is 0 Å². The highest BCUT2D eigenvalue weighted by atomic mass is 15.0. The molecular weight excluding hydrogens is 198 g/mol. The lowest BCUT2D eigenvalue weighted by Gasteiger charge is -2.03. The van der Waals surface area contributed by atoms with Crippen LogP contribution in [-0.4, -0.2) is 14.5 Å². The molecule has 0 saturated heterocycles. The zero-order valence-corrected chi connectivity index (χ0v) is 9.14. The molecule has 0 unspecified atom stereocenters. The molecule has 0 aliphatic rings. The molecule has 0 amide bonds. The predicted octanol–water partition coefficient (Wildman–Crippen LogP) is 2.72. The summed E-state index contributed by atoms with van der Waals surface area (Å²) in [5, 5.41) is 1.28. The number of hydrogen-bond acceptors (Lipinski definition) is 1. The number of benzene rings is 1. The van der Waals surface area contributed by atoms with Crippen molar-refractivity contribution in [3.05, 3.63) is 54.2 Å². The molecule has 3 heteroatoms. The van der Waals surface area contributed by atoms with Crippen LogP contribution in [-0.2, 0) is 6.54 Å². The number of H-pyrrole nitrogens is 1. The summed E-state index contributed by atoms with van der Waals surface area (Å²) in [6.45, 7) is 2.96. The van der Waals surface area contributed by atoms with Crippen LogP contribution in [0.4, 0.5) is 0 Å². The molecule has 0 saturated carbocycles. The molecule has 80 valence electrons. The molecule has 0 bridgehead atoms. The lowest BCUT2D eigenvalue weighted by Crippen LogP contribution is -1.97. The van der Waals surface area contributed by atoms with Crippen molar-refractivity contribution in [2.24, 2.45) is 0 Å². The Labute approximate surface area is 93.7 Å². The summed E-state index contributed by atoms with van der Waals surface area (Å²) >= 11 is 0. The van der Waals surface area contributed by atoms with Crippen LogP contribution in [0, 0.1) is 6.92 Å². The van der Waals surface area contributed by atoms with Crippen LogP contribution < -0.4 is 0 Å². The zero-order chi connectivity index (χ0) is 11.0. The summed E-state index contributed by atoms with van der Waals surface area (Å²) in [5.74, 6) is 0. The highest BCUT2D eigenvalue weighted by Gasteiger charge is 2.02.